The lowest BCUT2D eigenvalue weighted by molar-refractivity contribution is 0.834. The van der Waals surface area contributed by atoms with Gasteiger partial charge >= 0.3 is 0 Å². The van der Waals surface area contributed by atoms with Crippen LogP contribution in [0.25, 0.3) is 0 Å². The molecule has 1 fully saturated rings. The predicted molar refractivity (Wildman–Crippen MR) is 113 cm³/mol. The van der Waals surface area contributed by atoms with E-state index in [-0.39, 0.29) is 0 Å². The summed E-state index contributed by atoms with van der Waals surface area (Å²) in [4.78, 5) is 0. The zero-order chi connectivity index (χ0) is 17.8. The zero-order valence-electron chi connectivity index (χ0n) is 16.1. The van der Waals surface area contributed by atoms with Crippen LogP contribution in [0.15, 0.2) is 53.3 Å². The Kier molecular flexibility index (Phi) is 6.18. The van der Waals surface area contributed by atoms with Crippen molar-refractivity contribution in [2.75, 3.05) is 0 Å². The van der Waals surface area contributed by atoms with E-state index in [0.717, 1.165) is 5.66 Å². The molecule has 0 bridgehead atoms. The summed E-state index contributed by atoms with van der Waals surface area (Å²) in [5, 5.41) is 1.48. The Labute approximate surface area is 154 Å². The van der Waals surface area contributed by atoms with Crippen molar-refractivity contribution in [3.8, 4) is 0 Å². The van der Waals surface area contributed by atoms with Gasteiger partial charge in [-0.1, -0.05) is 89.1 Å². The molecule has 25 heavy (non-hydrogen) atoms. The molecule has 1 unspecified atom stereocenters. The molecule has 0 spiro atoms. The highest BCUT2D eigenvalue weighted by Gasteiger charge is 2.22. The molecule has 2 aromatic rings. The fourth-order valence-electron chi connectivity index (χ4n) is 3.96. The van der Waals surface area contributed by atoms with Crippen LogP contribution in [0, 0.1) is 0 Å². The maximum absolute atomic E-state index is 5.56. The average Bonchev–Trinajstić information content (AvgIpc) is 3.14. The van der Waals surface area contributed by atoms with Crippen LogP contribution in [0.3, 0.4) is 0 Å². The molecule has 0 amide bonds. The average molecular weight is 353 g/mol. The van der Waals surface area contributed by atoms with Crippen LogP contribution in [-0.4, -0.2) is 5.66 Å². The van der Waals surface area contributed by atoms with Crippen molar-refractivity contribution in [3.63, 3.8) is 0 Å². The van der Waals surface area contributed by atoms with E-state index >= 15 is 0 Å². The second-order valence-electron chi connectivity index (χ2n) is 7.94. The van der Waals surface area contributed by atoms with E-state index in [2.05, 4.69) is 76.2 Å². The Bertz CT molecular complexity index is 699. The number of nitrogens with zero attached hydrogens (tertiary/aromatic N) is 1. The van der Waals surface area contributed by atoms with Gasteiger partial charge in [0, 0.05) is 0 Å². The highest BCUT2D eigenvalue weighted by atomic mass is 31.1. The van der Waals surface area contributed by atoms with Crippen molar-refractivity contribution in [2.24, 2.45) is 4.74 Å². The van der Waals surface area contributed by atoms with Crippen molar-refractivity contribution in [1.29, 1.82) is 0 Å². The monoisotopic (exact) mass is 353 g/mol. The van der Waals surface area contributed by atoms with Gasteiger partial charge in [0.15, 0.2) is 0 Å². The zero-order valence-corrected chi connectivity index (χ0v) is 17.1. The van der Waals surface area contributed by atoms with Gasteiger partial charge < -0.3 is 0 Å². The van der Waals surface area contributed by atoms with Crippen molar-refractivity contribution < 1.29 is 0 Å². The van der Waals surface area contributed by atoms with Crippen molar-refractivity contribution in [2.45, 2.75) is 70.9 Å². The van der Waals surface area contributed by atoms with Crippen LogP contribution in [0.4, 0.5) is 5.69 Å². The molecule has 134 valence electrons. The lowest BCUT2D eigenvalue weighted by atomic mass is 9.93. The molecule has 0 aliphatic heterocycles. The van der Waals surface area contributed by atoms with Gasteiger partial charge in [-0.15, -0.1) is 0 Å². The maximum atomic E-state index is 5.56. The van der Waals surface area contributed by atoms with Gasteiger partial charge in [0.2, 0.25) is 0 Å². The van der Waals surface area contributed by atoms with Gasteiger partial charge in [-0.25, -0.2) is 0 Å². The molecule has 0 N–H and O–H groups in total. The van der Waals surface area contributed by atoms with Crippen LogP contribution < -0.4 is 5.30 Å². The Morgan fingerprint density at radius 2 is 1.36 bits per heavy atom. The number of para-hydroxylation sites is 1. The first-order chi connectivity index (χ1) is 12.1. The number of rotatable bonds is 5. The van der Waals surface area contributed by atoms with E-state index in [4.69, 9.17) is 4.74 Å². The molecule has 1 aliphatic rings. The Balaban J connectivity index is 2.17. The first kappa shape index (κ1) is 18.5. The third-order valence-corrected chi connectivity index (χ3v) is 8.13. The molecule has 1 saturated carbocycles. The van der Waals surface area contributed by atoms with Gasteiger partial charge in [0.05, 0.1) is 5.69 Å². The van der Waals surface area contributed by atoms with Crippen molar-refractivity contribution in [1.82, 2.24) is 0 Å². The third kappa shape index (κ3) is 4.26. The fourth-order valence-corrected chi connectivity index (χ4v) is 6.73. The van der Waals surface area contributed by atoms with Crippen LogP contribution in [-0.2, 0) is 0 Å². The molecule has 2 aromatic carbocycles. The third-order valence-electron chi connectivity index (χ3n) is 5.39. The summed E-state index contributed by atoms with van der Waals surface area (Å²) >= 11 is 0. The molecule has 1 aliphatic carbocycles. The van der Waals surface area contributed by atoms with Crippen LogP contribution >= 0.6 is 7.71 Å². The molecular weight excluding hydrogens is 321 g/mol. The largest absolute Gasteiger partial charge is 0.265 e. The van der Waals surface area contributed by atoms with E-state index in [1.54, 1.807) is 0 Å². The van der Waals surface area contributed by atoms with E-state index in [1.165, 1.54) is 47.8 Å². The summed E-state index contributed by atoms with van der Waals surface area (Å²) in [6.45, 7) is 9.18. The van der Waals surface area contributed by atoms with E-state index in [1.807, 2.05) is 0 Å². The van der Waals surface area contributed by atoms with E-state index in [9.17, 15) is 0 Å². The van der Waals surface area contributed by atoms with Gasteiger partial charge in [0.1, 0.15) is 0 Å². The predicted octanol–water partition coefficient (Wildman–Crippen LogP) is 7.23. The summed E-state index contributed by atoms with van der Waals surface area (Å²) < 4.78 is 5.56. The first-order valence-corrected chi connectivity index (χ1v) is 11.4. The minimum absolute atomic E-state index is 0.514. The van der Waals surface area contributed by atoms with Crippen LogP contribution in [0.1, 0.15) is 76.3 Å². The van der Waals surface area contributed by atoms with Crippen LogP contribution in [0.5, 0.6) is 0 Å². The van der Waals surface area contributed by atoms with E-state index < -0.39 is 7.71 Å². The lowest BCUT2D eigenvalue weighted by Crippen LogP contribution is -2.06. The normalized spacial score (nSPS) is 16.9. The molecule has 1 nitrogen and oxygen atoms in total. The summed E-state index contributed by atoms with van der Waals surface area (Å²) in [6, 6.07) is 17.9. The molecule has 0 aromatic heterocycles. The lowest BCUT2D eigenvalue weighted by Gasteiger charge is -2.21. The molecule has 2 heteroatoms. The smallest absolute Gasteiger partial charge is 0.0683 e. The topological polar surface area (TPSA) is 12.4 Å². The second kappa shape index (κ2) is 8.37. The molecule has 0 heterocycles. The van der Waals surface area contributed by atoms with Gasteiger partial charge in [0.25, 0.3) is 0 Å². The van der Waals surface area contributed by atoms with E-state index in [0.29, 0.717) is 11.8 Å². The van der Waals surface area contributed by atoms with Gasteiger partial charge in [-0.05, 0) is 54.5 Å². The summed E-state index contributed by atoms with van der Waals surface area (Å²) in [6.07, 6.45) is 5.47. The quantitative estimate of drug-likeness (QED) is 0.503. The highest BCUT2D eigenvalue weighted by Crippen LogP contribution is 2.47. The van der Waals surface area contributed by atoms with Gasteiger partial charge in [-0.2, -0.15) is 0 Å². The van der Waals surface area contributed by atoms with Crippen molar-refractivity contribution in [3.05, 3.63) is 59.7 Å². The Morgan fingerprint density at radius 3 is 1.88 bits per heavy atom. The molecule has 1 atom stereocenters. The highest BCUT2D eigenvalue weighted by molar-refractivity contribution is 7.56. The Hall–Kier alpha value is -1.33. The van der Waals surface area contributed by atoms with Gasteiger partial charge in [-0.3, -0.25) is 4.74 Å². The Morgan fingerprint density at radius 1 is 0.800 bits per heavy atom. The molecule has 0 radical (unpaired) electrons. The molecule has 3 rings (SSSR count). The number of benzene rings is 2. The summed E-state index contributed by atoms with van der Waals surface area (Å²) in [5.74, 6) is 1.03. The van der Waals surface area contributed by atoms with Crippen LogP contribution in [0.2, 0.25) is 0 Å². The number of hydrogen-bond donors (Lipinski definition) is 0. The molecular formula is C23H32NP. The summed E-state index contributed by atoms with van der Waals surface area (Å²) in [5.41, 5.74) is 4.93. The second-order valence-corrected chi connectivity index (χ2v) is 10.3. The first-order valence-electron chi connectivity index (χ1n) is 9.84. The minimum atomic E-state index is -0.937. The standard InChI is InChI=1S/C23H32NP/c1-17(2)21-15-10-16-22(18(3)4)23(21)24-25(20-13-8-9-14-20)19-11-6-5-7-12-19/h5-7,10-12,15-18,20,25H,8-9,13-14H2,1-4H3. The summed E-state index contributed by atoms with van der Waals surface area (Å²) in [7, 11) is -0.937. The number of hydrogen-bond acceptors (Lipinski definition) is 1. The van der Waals surface area contributed by atoms with Crippen molar-refractivity contribution >= 4 is 18.7 Å². The minimum Gasteiger partial charge on any atom is -0.265 e. The molecule has 0 saturated heterocycles. The maximum Gasteiger partial charge on any atom is 0.0683 e. The fraction of sp³-hybridized carbons (Fsp3) is 0.478. The SMILES string of the molecule is CC(C)c1cccc(C(C)C)c1/N=[PH](\c1ccccc1)C1CCCC1.